The van der Waals surface area contributed by atoms with E-state index in [1.165, 1.54) is 0 Å². The normalized spacial score (nSPS) is 11.5. The molecule has 0 spiro atoms. The van der Waals surface area contributed by atoms with Crippen LogP contribution in [0.25, 0.3) is 28.7 Å². The van der Waals surface area contributed by atoms with Gasteiger partial charge in [-0.2, -0.15) is 0 Å². The van der Waals surface area contributed by atoms with Crippen LogP contribution in [0.3, 0.4) is 0 Å². The topological polar surface area (TPSA) is 47.8 Å². The third-order valence-corrected chi connectivity index (χ3v) is 5.18. The quantitative estimate of drug-likeness (QED) is 0.536. The van der Waals surface area contributed by atoms with Crippen molar-refractivity contribution in [3.05, 3.63) is 86.4 Å². The summed E-state index contributed by atoms with van der Waals surface area (Å²) in [5, 5.41) is 2.63. The molecule has 1 aromatic carbocycles. The zero-order valence-electron chi connectivity index (χ0n) is 14.5. The summed E-state index contributed by atoms with van der Waals surface area (Å²) < 4.78 is 1.69. The molecule has 4 aromatic rings. The zero-order chi connectivity index (χ0) is 18.1. The van der Waals surface area contributed by atoms with Crippen LogP contribution < -0.4 is 5.56 Å². The molecule has 128 valence electrons. The second kappa shape index (κ2) is 6.69. The van der Waals surface area contributed by atoms with Crippen LogP contribution in [-0.2, 0) is 0 Å². The molecule has 0 radical (unpaired) electrons. The van der Waals surface area contributed by atoms with Gasteiger partial charge in [-0.25, -0.2) is 4.98 Å². The molecule has 3 aromatic heterocycles. The van der Waals surface area contributed by atoms with Crippen molar-refractivity contribution in [3.8, 4) is 5.69 Å². The van der Waals surface area contributed by atoms with E-state index in [0.29, 0.717) is 11.2 Å². The Balaban J connectivity index is 1.99. The van der Waals surface area contributed by atoms with Crippen LogP contribution in [-0.4, -0.2) is 14.5 Å². The highest BCUT2D eigenvalue weighted by molar-refractivity contribution is 7.11. The number of aryl methyl sites for hydroxylation is 2. The SMILES string of the molecule is Cc1ccccc1-n1c(C=Cc2ccccn2)nc2csc(C)c2c1=O. The van der Waals surface area contributed by atoms with Gasteiger partial charge in [0.2, 0.25) is 0 Å². The lowest BCUT2D eigenvalue weighted by Crippen LogP contribution is -2.23. The second-order valence-electron chi connectivity index (χ2n) is 6.04. The molecule has 0 atom stereocenters. The van der Waals surface area contributed by atoms with E-state index in [1.54, 1.807) is 22.1 Å². The molecule has 3 heterocycles. The van der Waals surface area contributed by atoms with Gasteiger partial charge in [-0.1, -0.05) is 24.3 Å². The standard InChI is InChI=1S/C21H17N3OS/c1-14-7-3-4-9-18(14)24-19(11-10-16-8-5-6-12-22-16)23-17-13-26-15(2)20(17)21(24)25/h3-13H,1-2H3. The Labute approximate surface area is 155 Å². The van der Waals surface area contributed by atoms with Crippen molar-refractivity contribution in [1.29, 1.82) is 0 Å². The van der Waals surface area contributed by atoms with Crippen LogP contribution in [0, 0.1) is 13.8 Å². The summed E-state index contributed by atoms with van der Waals surface area (Å²) in [4.78, 5) is 23.3. The number of thiophene rings is 1. The van der Waals surface area contributed by atoms with Crippen molar-refractivity contribution in [1.82, 2.24) is 14.5 Å². The summed E-state index contributed by atoms with van der Waals surface area (Å²) in [5.74, 6) is 0.597. The molecule has 4 nitrogen and oxygen atoms in total. The second-order valence-corrected chi connectivity index (χ2v) is 7.12. The molecular weight excluding hydrogens is 342 g/mol. The van der Waals surface area contributed by atoms with E-state index in [4.69, 9.17) is 4.98 Å². The summed E-state index contributed by atoms with van der Waals surface area (Å²) in [6, 6.07) is 13.6. The number of hydrogen-bond acceptors (Lipinski definition) is 4. The molecule has 0 amide bonds. The Kier molecular flexibility index (Phi) is 4.22. The summed E-state index contributed by atoms with van der Waals surface area (Å²) >= 11 is 1.55. The number of nitrogens with zero attached hydrogens (tertiary/aromatic N) is 3. The van der Waals surface area contributed by atoms with E-state index < -0.39 is 0 Å². The minimum Gasteiger partial charge on any atom is -0.268 e. The Hall–Kier alpha value is -3.05. The first-order valence-electron chi connectivity index (χ1n) is 8.31. The predicted octanol–water partition coefficient (Wildman–Crippen LogP) is 4.63. The van der Waals surface area contributed by atoms with Crippen molar-refractivity contribution in [2.45, 2.75) is 13.8 Å². The van der Waals surface area contributed by atoms with E-state index in [-0.39, 0.29) is 5.56 Å². The highest BCUT2D eigenvalue weighted by Crippen LogP contribution is 2.23. The maximum atomic E-state index is 13.3. The number of benzene rings is 1. The summed E-state index contributed by atoms with van der Waals surface area (Å²) in [6.07, 6.45) is 5.47. The third-order valence-electron chi connectivity index (χ3n) is 4.28. The molecular formula is C21H17N3OS. The third kappa shape index (κ3) is 2.86. The predicted molar refractivity (Wildman–Crippen MR) is 108 cm³/mol. The van der Waals surface area contributed by atoms with Gasteiger partial charge in [0.25, 0.3) is 5.56 Å². The minimum absolute atomic E-state index is 0.0382. The summed E-state index contributed by atoms with van der Waals surface area (Å²) in [6.45, 7) is 3.96. The molecule has 0 aliphatic carbocycles. The molecule has 0 saturated heterocycles. The first-order chi connectivity index (χ1) is 12.6. The fraction of sp³-hybridized carbons (Fsp3) is 0.0952. The monoisotopic (exact) mass is 359 g/mol. The fourth-order valence-electron chi connectivity index (χ4n) is 2.97. The molecule has 0 fully saturated rings. The van der Waals surface area contributed by atoms with Crippen molar-refractivity contribution < 1.29 is 0 Å². The number of aromatic nitrogens is 3. The van der Waals surface area contributed by atoms with E-state index in [1.807, 2.05) is 73.8 Å². The number of hydrogen-bond donors (Lipinski definition) is 0. The Morgan fingerprint density at radius 3 is 2.62 bits per heavy atom. The van der Waals surface area contributed by atoms with Crippen LogP contribution in [0.5, 0.6) is 0 Å². The van der Waals surface area contributed by atoms with Crippen molar-refractivity contribution in [2.24, 2.45) is 0 Å². The Morgan fingerprint density at radius 2 is 1.85 bits per heavy atom. The molecule has 0 saturated carbocycles. The summed E-state index contributed by atoms with van der Waals surface area (Å²) in [7, 11) is 0. The molecule has 4 rings (SSSR count). The maximum absolute atomic E-state index is 13.3. The first kappa shape index (κ1) is 16.4. The highest BCUT2D eigenvalue weighted by atomic mass is 32.1. The molecule has 0 bridgehead atoms. The van der Waals surface area contributed by atoms with Gasteiger partial charge in [0.15, 0.2) is 0 Å². The lowest BCUT2D eigenvalue weighted by Gasteiger charge is -2.12. The van der Waals surface area contributed by atoms with Crippen LogP contribution in [0.1, 0.15) is 22.0 Å². The number of pyridine rings is 1. The van der Waals surface area contributed by atoms with Gasteiger partial charge in [0, 0.05) is 16.5 Å². The van der Waals surface area contributed by atoms with Crippen molar-refractivity contribution >= 4 is 34.4 Å². The lowest BCUT2D eigenvalue weighted by molar-refractivity contribution is 0.935. The van der Waals surface area contributed by atoms with Crippen molar-refractivity contribution in [2.75, 3.05) is 0 Å². The van der Waals surface area contributed by atoms with E-state index in [0.717, 1.165) is 27.3 Å². The van der Waals surface area contributed by atoms with Crippen LogP contribution in [0.15, 0.2) is 58.8 Å². The minimum atomic E-state index is -0.0382. The van der Waals surface area contributed by atoms with E-state index in [2.05, 4.69) is 4.98 Å². The van der Waals surface area contributed by atoms with E-state index in [9.17, 15) is 4.79 Å². The molecule has 0 N–H and O–H groups in total. The van der Waals surface area contributed by atoms with Gasteiger partial charge >= 0.3 is 0 Å². The number of rotatable bonds is 3. The average molecular weight is 359 g/mol. The highest BCUT2D eigenvalue weighted by Gasteiger charge is 2.15. The largest absolute Gasteiger partial charge is 0.268 e. The Bertz CT molecular complexity index is 1170. The number of para-hydroxylation sites is 1. The maximum Gasteiger partial charge on any atom is 0.267 e. The lowest BCUT2D eigenvalue weighted by atomic mass is 10.2. The molecule has 26 heavy (non-hydrogen) atoms. The van der Waals surface area contributed by atoms with Crippen LogP contribution in [0.4, 0.5) is 0 Å². The van der Waals surface area contributed by atoms with Gasteiger partial charge < -0.3 is 0 Å². The first-order valence-corrected chi connectivity index (χ1v) is 9.19. The molecule has 0 aliphatic heterocycles. The van der Waals surface area contributed by atoms with Crippen LogP contribution in [0.2, 0.25) is 0 Å². The number of fused-ring (bicyclic) bond motifs is 1. The van der Waals surface area contributed by atoms with Crippen LogP contribution >= 0.6 is 11.3 Å². The van der Waals surface area contributed by atoms with Gasteiger partial charge in [-0.15, -0.1) is 11.3 Å². The zero-order valence-corrected chi connectivity index (χ0v) is 15.3. The Morgan fingerprint density at radius 1 is 1.04 bits per heavy atom. The average Bonchev–Trinajstić information content (AvgIpc) is 3.03. The smallest absolute Gasteiger partial charge is 0.267 e. The van der Waals surface area contributed by atoms with E-state index >= 15 is 0 Å². The molecule has 0 aliphatic rings. The van der Waals surface area contributed by atoms with Gasteiger partial charge in [-0.05, 0) is 49.8 Å². The fourth-order valence-corrected chi connectivity index (χ4v) is 3.74. The summed E-state index contributed by atoms with van der Waals surface area (Å²) in [5.41, 5.74) is 3.39. The van der Waals surface area contributed by atoms with Crippen molar-refractivity contribution in [3.63, 3.8) is 0 Å². The molecule has 5 heteroatoms. The van der Waals surface area contributed by atoms with Gasteiger partial charge in [-0.3, -0.25) is 14.3 Å². The van der Waals surface area contributed by atoms with Gasteiger partial charge in [0.1, 0.15) is 5.82 Å². The van der Waals surface area contributed by atoms with Gasteiger partial charge in [0.05, 0.1) is 22.3 Å². The molecule has 0 unspecified atom stereocenters.